The van der Waals surface area contributed by atoms with Gasteiger partial charge in [-0.25, -0.2) is 4.39 Å². The van der Waals surface area contributed by atoms with Crippen LogP contribution in [0, 0.1) is 17.1 Å². The van der Waals surface area contributed by atoms with Gasteiger partial charge in [-0.05, 0) is 74.4 Å². The number of carboxylic acids is 1. The number of nitriles is 1. The van der Waals surface area contributed by atoms with E-state index in [4.69, 9.17) is 14.6 Å². The Morgan fingerprint density at radius 1 is 1.11 bits per heavy atom. The summed E-state index contributed by atoms with van der Waals surface area (Å²) in [5.41, 5.74) is 5.14. The molecule has 1 fully saturated rings. The maximum Gasteiger partial charge on any atom is 0.430 e. The lowest BCUT2D eigenvalue weighted by molar-refractivity contribution is -0.368. The smallest absolute Gasteiger partial charge is 0.430 e. The fourth-order valence-corrected chi connectivity index (χ4v) is 4.04. The molecule has 202 valence electrons. The monoisotopic (exact) mass is 533 g/mol. The first-order valence-corrected chi connectivity index (χ1v) is 12.2. The number of carbonyl (C=O) groups excluding carboxylic acids is 1. The van der Waals surface area contributed by atoms with Gasteiger partial charge in [0, 0.05) is 22.4 Å². The SMILES string of the molecule is N#Cc1c(-c2cccc(F)c2)c2cc(OCCCCCC[NH3+])ccc2c(=O)n1C1CC1.O=C([O-])C(F)(F)F. The molecule has 1 saturated carbocycles. The van der Waals surface area contributed by atoms with Crippen molar-refractivity contribution in [2.75, 3.05) is 13.2 Å². The van der Waals surface area contributed by atoms with Gasteiger partial charge in [0.05, 0.1) is 13.2 Å². The highest BCUT2D eigenvalue weighted by molar-refractivity contribution is 5.99. The molecule has 38 heavy (non-hydrogen) atoms. The molecule has 0 amide bonds. The number of pyridine rings is 1. The Hall–Kier alpha value is -3.91. The van der Waals surface area contributed by atoms with Crippen molar-refractivity contribution >= 4 is 16.7 Å². The fraction of sp³-hybridized carbons (Fsp3) is 0.370. The molecule has 7 nitrogen and oxygen atoms in total. The number of aliphatic carboxylic acids is 1. The predicted octanol–water partition coefficient (Wildman–Crippen LogP) is 3.49. The summed E-state index contributed by atoms with van der Waals surface area (Å²) >= 11 is 0. The molecule has 0 unspecified atom stereocenters. The van der Waals surface area contributed by atoms with E-state index in [9.17, 15) is 27.6 Å². The minimum absolute atomic E-state index is 0.0353. The van der Waals surface area contributed by atoms with Crippen molar-refractivity contribution < 1.29 is 37.9 Å². The molecule has 0 bridgehead atoms. The van der Waals surface area contributed by atoms with Crippen molar-refractivity contribution in [1.82, 2.24) is 4.57 Å². The van der Waals surface area contributed by atoms with Crippen LogP contribution in [0.2, 0.25) is 0 Å². The number of aromatic nitrogens is 1. The number of fused-ring (bicyclic) bond motifs is 1. The van der Waals surface area contributed by atoms with Gasteiger partial charge in [-0.3, -0.25) is 9.36 Å². The van der Waals surface area contributed by atoms with Crippen LogP contribution in [0.4, 0.5) is 17.6 Å². The molecule has 4 rings (SSSR count). The van der Waals surface area contributed by atoms with Gasteiger partial charge in [0.2, 0.25) is 0 Å². The van der Waals surface area contributed by atoms with Gasteiger partial charge in [-0.15, -0.1) is 0 Å². The van der Waals surface area contributed by atoms with Gasteiger partial charge >= 0.3 is 6.18 Å². The molecule has 1 heterocycles. The maximum atomic E-state index is 14.0. The Labute approximate surface area is 216 Å². The second-order valence-electron chi connectivity index (χ2n) is 8.86. The van der Waals surface area contributed by atoms with E-state index < -0.39 is 12.1 Å². The molecule has 1 aromatic heterocycles. The standard InChI is InChI=1S/C25H26FN3O2.C2HF3O2/c26-18-7-5-6-17(14-18)24-22-15-20(31-13-4-2-1-3-12-27)10-11-21(22)25(30)29(19-8-9-19)23(24)16-28;3-2(4,5)1(6)7/h5-7,10-11,14-15,19H,1-4,8-9,12-13,27H2;(H,6,7). The van der Waals surface area contributed by atoms with Gasteiger partial charge in [0.25, 0.3) is 5.56 Å². The molecule has 0 aliphatic heterocycles. The number of carboxylic acid groups (broad SMARTS) is 1. The zero-order chi connectivity index (χ0) is 27.9. The summed E-state index contributed by atoms with van der Waals surface area (Å²) < 4.78 is 53.1. The van der Waals surface area contributed by atoms with Crippen LogP contribution < -0.4 is 21.1 Å². The van der Waals surface area contributed by atoms with E-state index in [0.717, 1.165) is 45.1 Å². The average Bonchev–Trinajstić information content (AvgIpc) is 3.70. The van der Waals surface area contributed by atoms with Gasteiger partial charge in [-0.2, -0.15) is 18.4 Å². The number of unbranched alkanes of at least 4 members (excludes halogenated alkanes) is 3. The highest BCUT2D eigenvalue weighted by Crippen LogP contribution is 2.39. The largest absolute Gasteiger partial charge is 0.542 e. The van der Waals surface area contributed by atoms with E-state index in [-0.39, 0.29) is 23.1 Å². The summed E-state index contributed by atoms with van der Waals surface area (Å²) in [6.07, 6.45) is 0.845. The van der Waals surface area contributed by atoms with Crippen LogP contribution >= 0.6 is 0 Å². The molecule has 0 spiro atoms. The van der Waals surface area contributed by atoms with E-state index in [1.165, 1.54) is 12.1 Å². The predicted molar refractivity (Wildman–Crippen MR) is 129 cm³/mol. The highest BCUT2D eigenvalue weighted by Gasteiger charge is 2.30. The Morgan fingerprint density at radius 3 is 2.37 bits per heavy atom. The van der Waals surface area contributed by atoms with Crippen molar-refractivity contribution in [1.29, 1.82) is 5.26 Å². The van der Waals surface area contributed by atoms with E-state index >= 15 is 0 Å². The first-order valence-electron chi connectivity index (χ1n) is 12.2. The summed E-state index contributed by atoms with van der Waals surface area (Å²) in [6.45, 7) is 1.54. The van der Waals surface area contributed by atoms with Crippen molar-refractivity contribution in [3.8, 4) is 22.9 Å². The first kappa shape index (κ1) is 28.7. The van der Waals surface area contributed by atoms with Gasteiger partial charge in [0.1, 0.15) is 29.3 Å². The normalized spacial score (nSPS) is 12.9. The number of hydrogen-bond donors (Lipinski definition) is 1. The fourth-order valence-electron chi connectivity index (χ4n) is 4.04. The lowest BCUT2D eigenvalue weighted by Crippen LogP contribution is -2.50. The van der Waals surface area contributed by atoms with Crippen LogP contribution in [-0.4, -0.2) is 29.9 Å². The lowest BCUT2D eigenvalue weighted by atomic mass is 9.96. The zero-order valence-electron chi connectivity index (χ0n) is 20.5. The van der Waals surface area contributed by atoms with Crippen LogP contribution in [-0.2, 0) is 4.79 Å². The minimum Gasteiger partial charge on any atom is -0.542 e. The van der Waals surface area contributed by atoms with E-state index in [1.807, 2.05) is 6.07 Å². The van der Waals surface area contributed by atoms with Crippen LogP contribution in [0.25, 0.3) is 21.9 Å². The Balaban J connectivity index is 0.000000505. The molecule has 11 heteroatoms. The molecule has 1 aliphatic rings. The topological polar surface area (TPSA) is 123 Å². The average molecular weight is 534 g/mol. The van der Waals surface area contributed by atoms with Crippen LogP contribution in [0.5, 0.6) is 5.75 Å². The third kappa shape index (κ3) is 7.10. The van der Waals surface area contributed by atoms with Crippen molar-refractivity contribution in [3.05, 3.63) is 64.3 Å². The number of ether oxygens (including phenoxy) is 1. The summed E-state index contributed by atoms with van der Waals surface area (Å²) in [6, 6.07) is 13.8. The van der Waals surface area contributed by atoms with Crippen molar-refractivity contribution in [2.24, 2.45) is 0 Å². The second-order valence-corrected chi connectivity index (χ2v) is 8.86. The number of rotatable bonds is 9. The molecule has 0 atom stereocenters. The minimum atomic E-state index is -5.19. The molecule has 0 radical (unpaired) electrons. The summed E-state index contributed by atoms with van der Waals surface area (Å²) in [5, 5.41) is 19.9. The Kier molecular flexibility index (Phi) is 9.47. The zero-order valence-corrected chi connectivity index (χ0v) is 20.5. The lowest BCUT2D eigenvalue weighted by Gasteiger charge is -2.16. The Morgan fingerprint density at radius 2 is 1.79 bits per heavy atom. The first-order chi connectivity index (χ1) is 18.1. The number of quaternary nitrogens is 1. The van der Waals surface area contributed by atoms with Crippen LogP contribution in [0.15, 0.2) is 47.3 Å². The molecule has 3 aromatic rings. The Bertz CT molecular complexity index is 1390. The van der Waals surface area contributed by atoms with Crippen molar-refractivity contribution in [3.63, 3.8) is 0 Å². The highest BCUT2D eigenvalue weighted by atomic mass is 19.4. The van der Waals surface area contributed by atoms with E-state index in [2.05, 4.69) is 11.8 Å². The molecule has 1 aliphatic carbocycles. The maximum absolute atomic E-state index is 14.0. The number of alkyl halides is 3. The molecular formula is C27H27F4N3O4. The number of carbonyl (C=O) groups is 1. The molecule has 3 N–H and O–H groups in total. The second kappa shape index (κ2) is 12.6. The number of halogens is 4. The summed E-state index contributed by atoms with van der Waals surface area (Å²) in [7, 11) is 0. The summed E-state index contributed by atoms with van der Waals surface area (Å²) in [4.78, 5) is 22.0. The number of hydrogen-bond acceptors (Lipinski definition) is 5. The van der Waals surface area contributed by atoms with Gasteiger partial charge < -0.3 is 20.4 Å². The quantitative estimate of drug-likeness (QED) is 0.333. The van der Waals surface area contributed by atoms with Gasteiger partial charge in [0.15, 0.2) is 0 Å². The van der Waals surface area contributed by atoms with E-state index in [0.29, 0.717) is 34.3 Å². The van der Waals surface area contributed by atoms with E-state index in [1.54, 1.807) is 28.8 Å². The van der Waals surface area contributed by atoms with Gasteiger partial charge in [-0.1, -0.05) is 12.1 Å². The summed E-state index contributed by atoms with van der Waals surface area (Å²) in [5.74, 6) is -2.74. The third-order valence-electron chi connectivity index (χ3n) is 5.96. The number of benzene rings is 2. The third-order valence-corrected chi connectivity index (χ3v) is 5.96. The van der Waals surface area contributed by atoms with Crippen LogP contribution in [0.3, 0.4) is 0 Å². The molecular weight excluding hydrogens is 506 g/mol. The molecule has 0 saturated heterocycles. The van der Waals surface area contributed by atoms with Crippen molar-refractivity contribution in [2.45, 2.75) is 50.7 Å². The van der Waals surface area contributed by atoms with Crippen LogP contribution in [0.1, 0.15) is 50.3 Å². The molecule has 2 aromatic carbocycles. The number of nitrogens with zero attached hydrogens (tertiary/aromatic N) is 2.